The summed E-state index contributed by atoms with van der Waals surface area (Å²) in [7, 11) is 0. The third-order valence-electron chi connectivity index (χ3n) is 0.847. The van der Waals surface area contributed by atoms with E-state index in [-0.39, 0.29) is 0 Å². The summed E-state index contributed by atoms with van der Waals surface area (Å²) in [6.07, 6.45) is 3.77. The Kier molecular flexibility index (Phi) is 7.15. The predicted octanol–water partition coefficient (Wildman–Crippen LogP) is 2.26. The molecule has 0 N–H and O–H groups in total. The van der Waals surface area contributed by atoms with Crippen molar-refractivity contribution in [1.29, 1.82) is 0 Å². The number of hydrogen-bond acceptors (Lipinski definition) is 2. The molecule has 11 heavy (non-hydrogen) atoms. The highest BCUT2D eigenvalue weighted by molar-refractivity contribution is 4.64. The van der Waals surface area contributed by atoms with Crippen LogP contribution in [-0.4, -0.2) is 19.6 Å². The number of allylic oxidation sites excluding steroid dienone is 1. The second kappa shape index (κ2) is 7.54. The highest BCUT2D eigenvalue weighted by Gasteiger charge is 2.19. The standard InChI is InChI=1S/C6H12O.C2H3FO/c1-3-5-7-6-4-2;3-2-1-4-2/h3,5H,4,6H2,1-2H3;2H,1H2/b5-3+;. The van der Waals surface area contributed by atoms with Gasteiger partial charge in [-0.25, -0.2) is 4.39 Å². The van der Waals surface area contributed by atoms with Crippen molar-refractivity contribution in [1.82, 2.24) is 0 Å². The average molecular weight is 162 g/mol. The molecule has 1 aliphatic heterocycles. The first kappa shape index (κ1) is 10.4. The summed E-state index contributed by atoms with van der Waals surface area (Å²) in [5.41, 5.74) is 0. The van der Waals surface area contributed by atoms with Gasteiger partial charge in [0.2, 0.25) is 6.36 Å². The van der Waals surface area contributed by atoms with Crippen LogP contribution in [0.15, 0.2) is 12.3 Å². The molecule has 0 amide bonds. The summed E-state index contributed by atoms with van der Waals surface area (Å²) in [5, 5.41) is 0. The van der Waals surface area contributed by atoms with Crippen LogP contribution in [-0.2, 0) is 9.47 Å². The zero-order valence-electron chi connectivity index (χ0n) is 7.05. The Morgan fingerprint density at radius 1 is 1.73 bits per heavy atom. The zero-order valence-corrected chi connectivity index (χ0v) is 7.05. The van der Waals surface area contributed by atoms with E-state index in [4.69, 9.17) is 4.74 Å². The molecular weight excluding hydrogens is 147 g/mol. The smallest absolute Gasteiger partial charge is 0.222 e. The van der Waals surface area contributed by atoms with Crippen LogP contribution in [0, 0.1) is 0 Å². The molecule has 0 spiro atoms. The van der Waals surface area contributed by atoms with E-state index in [1.807, 2.05) is 13.0 Å². The molecule has 1 unspecified atom stereocenters. The van der Waals surface area contributed by atoms with Gasteiger partial charge in [0.15, 0.2) is 0 Å². The van der Waals surface area contributed by atoms with Crippen molar-refractivity contribution in [2.75, 3.05) is 13.2 Å². The fourth-order valence-electron chi connectivity index (χ4n) is 0.318. The van der Waals surface area contributed by atoms with E-state index in [0.717, 1.165) is 13.0 Å². The second-order valence-electron chi connectivity index (χ2n) is 2.08. The summed E-state index contributed by atoms with van der Waals surface area (Å²) in [4.78, 5) is 0. The van der Waals surface area contributed by atoms with Crippen LogP contribution in [0.2, 0.25) is 0 Å². The lowest BCUT2D eigenvalue weighted by molar-refractivity contribution is 0.249. The van der Waals surface area contributed by atoms with E-state index in [9.17, 15) is 4.39 Å². The molecule has 0 bridgehead atoms. The Morgan fingerprint density at radius 3 is 2.55 bits per heavy atom. The lowest BCUT2D eigenvalue weighted by atomic mass is 10.5. The van der Waals surface area contributed by atoms with Crippen molar-refractivity contribution in [3.63, 3.8) is 0 Å². The SMILES string of the molecule is C/C=C/OCCC.FC1CO1. The molecule has 1 saturated heterocycles. The van der Waals surface area contributed by atoms with Crippen LogP contribution in [0.1, 0.15) is 20.3 Å². The van der Waals surface area contributed by atoms with E-state index in [1.165, 1.54) is 0 Å². The minimum absolute atomic E-state index is 0.319. The van der Waals surface area contributed by atoms with Gasteiger partial charge in [-0.3, -0.25) is 0 Å². The number of epoxide rings is 1. The number of halogens is 1. The summed E-state index contributed by atoms with van der Waals surface area (Å²) in [5.74, 6) is 0. The van der Waals surface area contributed by atoms with Crippen LogP contribution < -0.4 is 0 Å². The minimum Gasteiger partial charge on any atom is -0.502 e. The fourth-order valence-corrected chi connectivity index (χ4v) is 0.318. The summed E-state index contributed by atoms with van der Waals surface area (Å²) in [6, 6.07) is 0. The van der Waals surface area contributed by atoms with Crippen molar-refractivity contribution in [2.24, 2.45) is 0 Å². The molecule has 66 valence electrons. The number of hydrogen-bond donors (Lipinski definition) is 0. The normalized spacial score (nSPS) is 20.8. The monoisotopic (exact) mass is 162 g/mol. The fraction of sp³-hybridized carbons (Fsp3) is 0.750. The van der Waals surface area contributed by atoms with Gasteiger partial charge < -0.3 is 9.47 Å². The second-order valence-corrected chi connectivity index (χ2v) is 2.08. The van der Waals surface area contributed by atoms with Gasteiger partial charge >= 0.3 is 0 Å². The summed E-state index contributed by atoms with van der Waals surface area (Å²) in [6.45, 7) is 5.18. The molecule has 1 rings (SSSR count). The molecule has 0 aromatic rings. The van der Waals surface area contributed by atoms with Gasteiger partial charge in [0.1, 0.15) is 6.61 Å². The zero-order chi connectivity index (χ0) is 8.53. The highest BCUT2D eigenvalue weighted by Crippen LogP contribution is 2.07. The van der Waals surface area contributed by atoms with Crippen LogP contribution >= 0.6 is 0 Å². The van der Waals surface area contributed by atoms with Gasteiger partial charge in [0.25, 0.3) is 0 Å². The van der Waals surface area contributed by atoms with Crippen LogP contribution in [0.4, 0.5) is 4.39 Å². The molecule has 0 aromatic carbocycles. The van der Waals surface area contributed by atoms with E-state index >= 15 is 0 Å². The first-order valence-corrected chi connectivity index (χ1v) is 3.79. The molecule has 1 heterocycles. The maximum absolute atomic E-state index is 10.9. The van der Waals surface area contributed by atoms with Crippen molar-refractivity contribution in [2.45, 2.75) is 26.6 Å². The van der Waals surface area contributed by atoms with E-state index in [1.54, 1.807) is 6.26 Å². The maximum atomic E-state index is 10.9. The van der Waals surface area contributed by atoms with Crippen LogP contribution in [0.3, 0.4) is 0 Å². The third-order valence-corrected chi connectivity index (χ3v) is 0.847. The first-order valence-electron chi connectivity index (χ1n) is 3.79. The molecule has 0 aromatic heterocycles. The first-order chi connectivity index (χ1) is 5.31. The Morgan fingerprint density at radius 2 is 2.27 bits per heavy atom. The Labute approximate surface area is 67.0 Å². The van der Waals surface area contributed by atoms with Crippen LogP contribution in [0.5, 0.6) is 0 Å². The van der Waals surface area contributed by atoms with E-state index < -0.39 is 6.36 Å². The third kappa shape index (κ3) is 12.6. The highest BCUT2D eigenvalue weighted by atomic mass is 19.2. The molecular formula is C8H15FO2. The number of alkyl halides is 1. The van der Waals surface area contributed by atoms with Crippen molar-refractivity contribution in [3.8, 4) is 0 Å². The van der Waals surface area contributed by atoms with E-state index in [0.29, 0.717) is 6.61 Å². The van der Waals surface area contributed by atoms with Gasteiger partial charge in [0.05, 0.1) is 12.9 Å². The van der Waals surface area contributed by atoms with Gasteiger partial charge in [-0.2, -0.15) is 0 Å². The predicted molar refractivity (Wildman–Crippen MR) is 41.9 cm³/mol. The topological polar surface area (TPSA) is 21.8 Å². The Balaban J connectivity index is 0.000000207. The Bertz CT molecular complexity index is 100. The van der Waals surface area contributed by atoms with Crippen LogP contribution in [0.25, 0.3) is 0 Å². The molecule has 0 aliphatic carbocycles. The molecule has 2 nitrogen and oxygen atoms in total. The number of rotatable bonds is 3. The molecule has 0 saturated carbocycles. The molecule has 1 atom stereocenters. The summed E-state index contributed by atoms with van der Waals surface area (Å²) >= 11 is 0. The van der Waals surface area contributed by atoms with Crippen molar-refractivity contribution < 1.29 is 13.9 Å². The molecule has 3 heteroatoms. The average Bonchev–Trinajstić information content (AvgIpc) is 2.75. The lowest BCUT2D eigenvalue weighted by Crippen LogP contribution is -1.80. The Hall–Kier alpha value is -0.570. The minimum atomic E-state index is -0.917. The maximum Gasteiger partial charge on any atom is 0.222 e. The van der Waals surface area contributed by atoms with Gasteiger partial charge in [-0.05, 0) is 13.3 Å². The molecule has 1 fully saturated rings. The van der Waals surface area contributed by atoms with Crippen molar-refractivity contribution in [3.05, 3.63) is 12.3 Å². The largest absolute Gasteiger partial charge is 0.502 e. The lowest BCUT2D eigenvalue weighted by Gasteiger charge is -1.91. The van der Waals surface area contributed by atoms with Gasteiger partial charge in [0, 0.05) is 0 Å². The number of ether oxygens (including phenoxy) is 2. The van der Waals surface area contributed by atoms with Gasteiger partial charge in [-0.15, -0.1) is 0 Å². The molecule has 1 aliphatic rings. The van der Waals surface area contributed by atoms with E-state index in [2.05, 4.69) is 11.7 Å². The van der Waals surface area contributed by atoms with Gasteiger partial charge in [-0.1, -0.05) is 13.0 Å². The van der Waals surface area contributed by atoms with Crippen molar-refractivity contribution >= 4 is 0 Å². The quantitative estimate of drug-likeness (QED) is 0.360. The molecule has 0 radical (unpaired) electrons. The summed E-state index contributed by atoms with van der Waals surface area (Å²) < 4.78 is 19.9.